The third-order valence-corrected chi connectivity index (χ3v) is 3.59. The normalized spacial score (nSPS) is 17.2. The van der Waals surface area contributed by atoms with Gasteiger partial charge in [-0.15, -0.1) is 0 Å². The van der Waals surface area contributed by atoms with Crippen molar-refractivity contribution in [1.82, 2.24) is 0 Å². The van der Waals surface area contributed by atoms with Crippen molar-refractivity contribution in [2.24, 2.45) is 0 Å². The molecule has 16 heavy (non-hydrogen) atoms. The highest BCUT2D eigenvalue weighted by Crippen LogP contribution is 2.57. The summed E-state index contributed by atoms with van der Waals surface area (Å²) in [6.45, 7) is 1.24. The van der Waals surface area contributed by atoms with Gasteiger partial charge >= 0.3 is 15.6 Å². The fourth-order valence-electron chi connectivity index (χ4n) is 0.738. The summed E-state index contributed by atoms with van der Waals surface area (Å²) in [6, 6.07) is 0. The molecule has 10 heteroatoms. The highest BCUT2D eigenvalue weighted by molar-refractivity contribution is 7.60. The van der Waals surface area contributed by atoms with Crippen LogP contribution in [-0.2, 0) is 18.0 Å². The number of phosphoric ester groups is 1. The van der Waals surface area contributed by atoms with Crippen LogP contribution in [0.1, 0.15) is 13.3 Å². The van der Waals surface area contributed by atoms with Gasteiger partial charge in [-0.25, -0.2) is 9.13 Å². The van der Waals surface area contributed by atoms with Gasteiger partial charge in [0.15, 0.2) is 0 Å². The van der Waals surface area contributed by atoms with E-state index in [4.69, 9.17) is 19.8 Å². The predicted molar refractivity (Wildman–Crippen MR) is 54.4 cm³/mol. The lowest BCUT2D eigenvalue weighted by Gasteiger charge is -2.12. The first-order chi connectivity index (χ1) is 7.16. The zero-order valence-electron chi connectivity index (χ0n) is 8.51. The minimum absolute atomic E-state index is 0.165. The number of hydrogen-bond donors (Lipinski definition) is 4. The summed E-state index contributed by atoms with van der Waals surface area (Å²) in [6.07, 6.45) is 1.70. The summed E-state index contributed by atoms with van der Waals surface area (Å²) in [4.78, 5) is 25.4. The lowest BCUT2D eigenvalue weighted by molar-refractivity contribution is 0.180. The van der Waals surface area contributed by atoms with Crippen LogP contribution >= 0.6 is 15.6 Å². The minimum atomic E-state index is -5.06. The SMILES string of the molecule is C/C(=C/CO)CCOP(=O)(O)OP(=O)(O)O. The molecule has 0 saturated carbocycles. The van der Waals surface area contributed by atoms with Crippen molar-refractivity contribution in [3.63, 3.8) is 0 Å². The van der Waals surface area contributed by atoms with E-state index in [0.29, 0.717) is 5.57 Å². The number of aliphatic hydroxyl groups excluding tert-OH is 1. The molecule has 8 nitrogen and oxygen atoms in total. The van der Waals surface area contributed by atoms with Crippen molar-refractivity contribution in [1.29, 1.82) is 0 Å². The number of phosphoric acid groups is 2. The molecule has 0 aromatic rings. The van der Waals surface area contributed by atoms with E-state index >= 15 is 0 Å². The van der Waals surface area contributed by atoms with E-state index in [0.717, 1.165) is 0 Å². The topological polar surface area (TPSA) is 134 Å². The molecule has 0 rings (SSSR count). The molecular weight excluding hydrogens is 262 g/mol. The van der Waals surface area contributed by atoms with Crippen LogP contribution in [0.5, 0.6) is 0 Å². The molecule has 96 valence electrons. The van der Waals surface area contributed by atoms with Crippen molar-refractivity contribution in [2.75, 3.05) is 13.2 Å². The van der Waals surface area contributed by atoms with Gasteiger partial charge in [0.1, 0.15) is 0 Å². The predicted octanol–water partition coefficient (Wildman–Crippen LogP) is 0.541. The first-order valence-electron chi connectivity index (χ1n) is 4.17. The Balaban J connectivity index is 4.06. The van der Waals surface area contributed by atoms with Crippen molar-refractivity contribution >= 4 is 15.6 Å². The molecule has 0 spiro atoms. The maximum atomic E-state index is 10.9. The Morgan fingerprint density at radius 2 is 1.88 bits per heavy atom. The molecule has 0 aromatic heterocycles. The molecule has 1 atom stereocenters. The Morgan fingerprint density at radius 1 is 1.31 bits per heavy atom. The van der Waals surface area contributed by atoms with E-state index in [1.807, 2.05) is 0 Å². The summed E-state index contributed by atoms with van der Waals surface area (Å²) in [5.74, 6) is 0. The van der Waals surface area contributed by atoms with Gasteiger partial charge in [-0.3, -0.25) is 4.52 Å². The molecule has 4 N–H and O–H groups in total. The fraction of sp³-hybridized carbons (Fsp3) is 0.667. The summed E-state index contributed by atoms with van der Waals surface area (Å²) >= 11 is 0. The van der Waals surface area contributed by atoms with Crippen LogP contribution in [0.2, 0.25) is 0 Å². The molecule has 0 fully saturated rings. The van der Waals surface area contributed by atoms with E-state index < -0.39 is 15.6 Å². The zero-order valence-corrected chi connectivity index (χ0v) is 10.3. The highest BCUT2D eigenvalue weighted by atomic mass is 31.3. The summed E-state index contributed by atoms with van der Waals surface area (Å²) in [5, 5.41) is 8.50. The molecule has 0 saturated heterocycles. The van der Waals surface area contributed by atoms with Gasteiger partial charge < -0.3 is 19.8 Å². The Labute approximate surface area is 92.4 Å². The monoisotopic (exact) mass is 276 g/mol. The molecule has 0 bridgehead atoms. The van der Waals surface area contributed by atoms with Crippen LogP contribution in [0.15, 0.2) is 11.6 Å². The average molecular weight is 276 g/mol. The molecular formula is C6H14O8P2. The lowest BCUT2D eigenvalue weighted by Crippen LogP contribution is -1.97. The Morgan fingerprint density at radius 3 is 2.31 bits per heavy atom. The van der Waals surface area contributed by atoms with Crippen LogP contribution in [0.4, 0.5) is 0 Å². The van der Waals surface area contributed by atoms with E-state index in [-0.39, 0.29) is 19.6 Å². The van der Waals surface area contributed by atoms with Gasteiger partial charge in [-0.2, -0.15) is 4.31 Å². The molecule has 0 amide bonds. The largest absolute Gasteiger partial charge is 0.481 e. The van der Waals surface area contributed by atoms with E-state index in [1.165, 1.54) is 6.08 Å². The number of hydrogen-bond acceptors (Lipinski definition) is 5. The van der Waals surface area contributed by atoms with E-state index in [9.17, 15) is 9.13 Å². The first kappa shape index (κ1) is 16.0. The maximum Gasteiger partial charge on any atom is 0.481 e. The lowest BCUT2D eigenvalue weighted by atomic mass is 10.2. The fourth-order valence-corrected chi connectivity index (χ4v) is 2.32. The maximum absolute atomic E-state index is 10.9. The van der Waals surface area contributed by atoms with Gasteiger partial charge in [0, 0.05) is 0 Å². The standard InChI is InChI=1S/C6H14O8P2/c1-6(2-4-7)3-5-13-16(11,12)14-15(8,9)10/h2,7H,3-5H2,1H3,(H,11,12)(H2,8,9,10)/b6-2-. The van der Waals surface area contributed by atoms with E-state index in [2.05, 4.69) is 8.83 Å². The summed E-state index contributed by atoms with van der Waals surface area (Å²) in [7, 11) is -9.80. The highest BCUT2D eigenvalue weighted by Gasteiger charge is 2.31. The minimum Gasteiger partial charge on any atom is -0.392 e. The van der Waals surface area contributed by atoms with Gasteiger partial charge in [0.25, 0.3) is 0 Å². The third kappa shape index (κ3) is 9.21. The van der Waals surface area contributed by atoms with Crippen molar-refractivity contribution in [3.05, 3.63) is 11.6 Å². The average Bonchev–Trinajstić information content (AvgIpc) is 1.98. The second-order valence-electron chi connectivity index (χ2n) is 2.86. The van der Waals surface area contributed by atoms with Crippen LogP contribution in [-0.4, -0.2) is 33.0 Å². The molecule has 0 aromatic carbocycles. The van der Waals surface area contributed by atoms with Crippen molar-refractivity contribution in [3.8, 4) is 0 Å². The Bertz CT molecular complexity index is 331. The summed E-state index contributed by atoms with van der Waals surface area (Å²) < 4.78 is 29.0. The molecule has 0 aliphatic rings. The van der Waals surface area contributed by atoms with Gasteiger partial charge in [-0.05, 0) is 13.3 Å². The molecule has 0 heterocycles. The first-order valence-corrected chi connectivity index (χ1v) is 7.19. The van der Waals surface area contributed by atoms with Crippen LogP contribution < -0.4 is 0 Å². The van der Waals surface area contributed by atoms with Crippen LogP contribution in [0.3, 0.4) is 0 Å². The smallest absolute Gasteiger partial charge is 0.392 e. The third-order valence-electron chi connectivity index (χ3n) is 1.40. The molecule has 0 aliphatic carbocycles. The second-order valence-corrected chi connectivity index (χ2v) is 5.69. The molecule has 1 unspecified atom stereocenters. The van der Waals surface area contributed by atoms with Crippen molar-refractivity contribution < 1.29 is 37.8 Å². The van der Waals surface area contributed by atoms with E-state index in [1.54, 1.807) is 6.92 Å². The Kier molecular flexibility index (Phi) is 6.62. The quantitative estimate of drug-likeness (QED) is 0.391. The van der Waals surface area contributed by atoms with Crippen molar-refractivity contribution in [2.45, 2.75) is 13.3 Å². The van der Waals surface area contributed by atoms with Crippen LogP contribution in [0.25, 0.3) is 0 Å². The Hall–Kier alpha value is -0.0400. The molecule has 0 radical (unpaired) electrons. The number of aliphatic hydroxyl groups is 1. The van der Waals surface area contributed by atoms with Gasteiger partial charge in [0.2, 0.25) is 0 Å². The van der Waals surface area contributed by atoms with Gasteiger partial charge in [-0.1, -0.05) is 11.6 Å². The second kappa shape index (κ2) is 6.64. The van der Waals surface area contributed by atoms with Crippen LogP contribution in [0, 0.1) is 0 Å². The molecule has 0 aliphatic heterocycles. The summed E-state index contributed by atoms with van der Waals surface area (Å²) in [5.41, 5.74) is 0.707. The number of rotatable bonds is 7. The zero-order chi connectivity index (χ0) is 12.8. The van der Waals surface area contributed by atoms with Gasteiger partial charge in [0.05, 0.1) is 13.2 Å².